The Morgan fingerprint density at radius 1 is 1.25 bits per heavy atom. The molecule has 0 fully saturated rings. The van der Waals surface area contributed by atoms with E-state index in [1.165, 1.54) is 18.2 Å². The molecule has 0 spiro atoms. The second kappa shape index (κ2) is 5.53. The normalized spacial score (nSPS) is 13.4. The van der Waals surface area contributed by atoms with Gasteiger partial charge in [0, 0.05) is 27.8 Å². The molecular formula is C10H7Cl2NO3. The topological polar surface area (TPSA) is 66.4 Å². The fraction of sp³-hybridized carbons (Fsp3) is 0. The standard InChI is InChI=1S/C10H7Cl2NO3/c11-6-3-7(12)5-8(4-6)13-9(14)1-2-10(15)16/h1-5H,(H,13,14)(H,15,16)/b2-1+/i1D,2D. The number of carbonyl (C=O) groups excluding carboxylic acids is 1. The van der Waals surface area contributed by atoms with Gasteiger partial charge in [-0.05, 0) is 18.2 Å². The highest BCUT2D eigenvalue weighted by atomic mass is 35.5. The van der Waals surface area contributed by atoms with Gasteiger partial charge in [0.05, 0.1) is 2.74 Å². The van der Waals surface area contributed by atoms with Gasteiger partial charge < -0.3 is 10.4 Å². The summed E-state index contributed by atoms with van der Waals surface area (Å²) >= 11 is 11.4. The van der Waals surface area contributed by atoms with Crippen LogP contribution in [0, 0.1) is 0 Å². The number of nitrogens with one attached hydrogen (secondary N) is 1. The summed E-state index contributed by atoms with van der Waals surface area (Å²) in [6.45, 7) is 0. The van der Waals surface area contributed by atoms with Crippen molar-refractivity contribution in [3.05, 3.63) is 40.3 Å². The van der Waals surface area contributed by atoms with Crippen LogP contribution in [0.1, 0.15) is 2.74 Å². The van der Waals surface area contributed by atoms with Crippen LogP contribution < -0.4 is 5.32 Å². The van der Waals surface area contributed by atoms with Crippen molar-refractivity contribution in [3.63, 3.8) is 0 Å². The van der Waals surface area contributed by atoms with Crippen molar-refractivity contribution in [2.45, 2.75) is 0 Å². The number of carbonyl (C=O) groups is 2. The lowest BCUT2D eigenvalue weighted by Crippen LogP contribution is -2.08. The van der Waals surface area contributed by atoms with Crippen LogP contribution in [0.15, 0.2) is 30.3 Å². The Hall–Kier alpha value is -1.52. The van der Waals surface area contributed by atoms with Crippen molar-refractivity contribution in [1.82, 2.24) is 0 Å². The maximum Gasteiger partial charge on any atom is 0.328 e. The van der Waals surface area contributed by atoms with Gasteiger partial charge in [-0.3, -0.25) is 4.79 Å². The molecule has 2 N–H and O–H groups in total. The molecule has 0 saturated carbocycles. The van der Waals surface area contributed by atoms with Gasteiger partial charge in [-0.2, -0.15) is 0 Å². The third kappa shape index (κ3) is 4.33. The number of anilines is 1. The Balaban J connectivity index is 2.95. The van der Waals surface area contributed by atoms with Gasteiger partial charge in [-0.1, -0.05) is 23.2 Å². The quantitative estimate of drug-likeness (QED) is 0.822. The fourth-order valence-corrected chi connectivity index (χ4v) is 1.42. The maximum absolute atomic E-state index is 11.5. The van der Waals surface area contributed by atoms with Crippen LogP contribution in [0.2, 0.25) is 10.0 Å². The zero-order chi connectivity index (χ0) is 13.9. The molecule has 0 aromatic heterocycles. The molecule has 16 heavy (non-hydrogen) atoms. The molecule has 0 unspecified atom stereocenters. The van der Waals surface area contributed by atoms with Gasteiger partial charge >= 0.3 is 5.97 Å². The van der Waals surface area contributed by atoms with E-state index in [9.17, 15) is 9.59 Å². The van der Waals surface area contributed by atoms with E-state index in [0.29, 0.717) is 0 Å². The van der Waals surface area contributed by atoms with E-state index in [1.807, 2.05) is 0 Å². The largest absolute Gasteiger partial charge is 0.478 e. The predicted octanol–water partition coefficient (Wildman–Crippen LogP) is 2.57. The smallest absolute Gasteiger partial charge is 0.328 e. The molecule has 1 aromatic carbocycles. The van der Waals surface area contributed by atoms with Crippen LogP contribution in [0.3, 0.4) is 0 Å². The minimum absolute atomic E-state index is 0.209. The van der Waals surface area contributed by atoms with Gasteiger partial charge in [-0.15, -0.1) is 0 Å². The summed E-state index contributed by atoms with van der Waals surface area (Å²) < 4.78 is 14.2. The van der Waals surface area contributed by atoms with Crippen molar-refractivity contribution in [2.75, 3.05) is 5.32 Å². The molecule has 1 rings (SSSR count). The van der Waals surface area contributed by atoms with Gasteiger partial charge in [-0.25, -0.2) is 4.79 Å². The van der Waals surface area contributed by atoms with Crippen molar-refractivity contribution in [2.24, 2.45) is 0 Å². The second-order valence-electron chi connectivity index (χ2n) is 2.67. The monoisotopic (exact) mass is 261 g/mol. The van der Waals surface area contributed by atoms with E-state index in [2.05, 4.69) is 5.32 Å². The predicted molar refractivity (Wildman–Crippen MR) is 61.9 cm³/mol. The van der Waals surface area contributed by atoms with E-state index >= 15 is 0 Å². The van der Waals surface area contributed by atoms with Crippen LogP contribution in [0.25, 0.3) is 0 Å². The van der Waals surface area contributed by atoms with E-state index in [4.69, 9.17) is 31.0 Å². The molecular weight excluding hydrogens is 253 g/mol. The van der Waals surface area contributed by atoms with Crippen molar-refractivity contribution in [3.8, 4) is 0 Å². The second-order valence-corrected chi connectivity index (χ2v) is 3.54. The zero-order valence-corrected chi connectivity index (χ0v) is 9.26. The van der Waals surface area contributed by atoms with Gasteiger partial charge in [0.1, 0.15) is 0 Å². The summed E-state index contributed by atoms with van der Waals surface area (Å²) in [5.74, 6) is -2.68. The number of aliphatic carboxylic acids is 1. The van der Waals surface area contributed by atoms with E-state index in [1.54, 1.807) is 0 Å². The molecule has 0 atom stereocenters. The first-order valence-electron chi connectivity index (χ1n) is 4.99. The first kappa shape index (κ1) is 9.69. The number of benzene rings is 1. The van der Waals surface area contributed by atoms with Crippen LogP contribution in [-0.4, -0.2) is 17.0 Å². The summed E-state index contributed by atoms with van der Waals surface area (Å²) in [5, 5.41) is 11.2. The van der Waals surface area contributed by atoms with Crippen molar-refractivity contribution >= 4 is 40.8 Å². The highest BCUT2D eigenvalue weighted by Crippen LogP contribution is 2.22. The molecule has 0 aliphatic rings. The minimum atomic E-state index is -1.65. The van der Waals surface area contributed by atoms with E-state index in [-0.39, 0.29) is 15.7 Å². The van der Waals surface area contributed by atoms with Crippen LogP contribution >= 0.6 is 23.2 Å². The zero-order valence-electron chi connectivity index (χ0n) is 9.75. The Morgan fingerprint density at radius 2 is 1.81 bits per heavy atom. The number of hydrogen-bond donors (Lipinski definition) is 2. The minimum Gasteiger partial charge on any atom is -0.478 e. The van der Waals surface area contributed by atoms with Gasteiger partial charge in [0.2, 0.25) is 5.91 Å². The maximum atomic E-state index is 11.5. The molecule has 1 amide bonds. The number of amides is 1. The number of hydrogen-bond acceptors (Lipinski definition) is 2. The SMILES string of the molecule is [2H]/C(C(=O)O)=C(/[2H])C(=O)Nc1cc(Cl)cc(Cl)c1. The molecule has 0 radical (unpaired) electrons. The van der Waals surface area contributed by atoms with E-state index < -0.39 is 24.0 Å². The number of carboxylic acid groups (broad SMARTS) is 1. The van der Waals surface area contributed by atoms with Crippen LogP contribution in [-0.2, 0) is 9.59 Å². The third-order valence-electron chi connectivity index (χ3n) is 1.40. The summed E-state index contributed by atoms with van der Waals surface area (Å²) in [4.78, 5) is 21.9. The average molecular weight is 262 g/mol. The Labute approximate surface area is 104 Å². The highest BCUT2D eigenvalue weighted by molar-refractivity contribution is 6.35. The lowest BCUT2D eigenvalue weighted by atomic mass is 10.3. The molecule has 1 aromatic rings. The first-order chi connectivity index (χ1) is 8.31. The average Bonchev–Trinajstić information content (AvgIpc) is 2.25. The summed E-state index contributed by atoms with van der Waals surface area (Å²) in [5.41, 5.74) is 0.209. The highest BCUT2D eigenvalue weighted by Gasteiger charge is 2.01. The molecule has 0 saturated heterocycles. The molecule has 0 bridgehead atoms. The molecule has 84 valence electrons. The molecule has 0 aliphatic carbocycles. The van der Waals surface area contributed by atoms with Gasteiger partial charge in [0.25, 0.3) is 0 Å². The third-order valence-corrected chi connectivity index (χ3v) is 1.84. The summed E-state index contributed by atoms with van der Waals surface area (Å²) in [6.07, 6.45) is 0. The van der Waals surface area contributed by atoms with Gasteiger partial charge in [0.15, 0.2) is 0 Å². The molecule has 0 heterocycles. The molecule has 4 nitrogen and oxygen atoms in total. The Morgan fingerprint density at radius 3 is 2.31 bits per heavy atom. The Bertz CT molecular complexity index is 526. The van der Waals surface area contributed by atoms with E-state index in [0.717, 1.165) is 0 Å². The molecule has 6 heteroatoms. The summed E-state index contributed by atoms with van der Waals surface area (Å²) in [7, 11) is 0. The van der Waals surface area contributed by atoms with Crippen molar-refractivity contribution < 1.29 is 17.4 Å². The molecule has 0 aliphatic heterocycles. The number of carboxylic acids is 1. The lowest BCUT2D eigenvalue weighted by Gasteiger charge is -2.03. The van der Waals surface area contributed by atoms with Crippen LogP contribution in [0.4, 0.5) is 5.69 Å². The number of halogens is 2. The fourth-order valence-electron chi connectivity index (χ4n) is 0.899. The lowest BCUT2D eigenvalue weighted by molar-refractivity contribution is -0.131. The van der Waals surface area contributed by atoms with Crippen LogP contribution in [0.5, 0.6) is 0 Å². The first-order valence-corrected chi connectivity index (χ1v) is 4.75. The number of rotatable bonds is 3. The Kier molecular flexibility index (Phi) is 3.35. The summed E-state index contributed by atoms with van der Waals surface area (Å²) in [6, 6.07) is 2.15. The van der Waals surface area contributed by atoms with Crippen molar-refractivity contribution in [1.29, 1.82) is 0 Å².